The first-order chi connectivity index (χ1) is 16.3. The molecule has 5 heteroatoms. The van der Waals surface area contributed by atoms with Gasteiger partial charge in [-0.2, -0.15) is 0 Å². The Labute approximate surface area is 200 Å². The van der Waals surface area contributed by atoms with Crippen LogP contribution >= 0.6 is 0 Å². The van der Waals surface area contributed by atoms with Crippen LogP contribution in [0.15, 0.2) is 78.4 Å². The van der Waals surface area contributed by atoms with Crippen molar-refractivity contribution in [2.75, 3.05) is 11.5 Å². The molecule has 0 radical (unpaired) electrons. The molecule has 1 saturated heterocycles. The zero-order valence-electron chi connectivity index (χ0n) is 19.9. The standard InChI is InChI=1S/C29H29NO4/c1-5-34-24-8-6-7-22(17-24)26-25(27(31)21-11-9-19(4)10-12-21)28(32)29(33)30(26)23-15-13-20(14-16-23)18(2)3/h6-18,26,31H,5H2,1-4H3/b27-25-. The Morgan fingerprint density at radius 3 is 2.29 bits per heavy atom. The van der Waals surface area contributed by atoms with E-state index in [4.69, 9.17) is 4.74 Å². The summed E-state index contributed by atoms with van der Waals surface area (Å²) < 4.78 is 5.67. The molecule has 4 rings (SSSR count). The van der Waals surface area contributed by atoms with E-state index in [0.29, 0.717) is 35.1 Å². The van der Waals surface area contributed by atoms with Crippen molar-refractivity contribution in [3.63, 3.8) is 0 Å². The van der Waals surface area contributed by atoms with Gasteiger partial charge in [0.2, 0.25) is 0 Å². The van der Waals surface area contributed by atoms with E-state index in [1.165, 1.54) is 4.90 Å². The third-order valence-corrected chi connectivity index (χ3v) is 6.09. The predicted octanol–water partition coefficient (Wildman–Crippen LogP) is 6.14. The molecule has 34 heavy (non-hydrogen) atoms. The summed E-state index contributed by atoms with van der Waals surface area (Å²) >= 11 is 0. The van der Waals surface area contributed by atoms with Gasteiger partial charge >= 0.3 is 0 Å². The highest BCUT2D eigenvalue weighted by molar-refractivity contribution is 6.51. The minimum absolute atomic E-state index is 0.0652. The SMILES string of the molecule is CCOc1cccc(C2/C(=C(/O)c3ccc(C)cc3)C(=O)C(=O)N2c2ccc(C(C)C)cc2)c1. The number of anilines is 1. The molecule has 0 aromatic heterocycles. The number of ether oxygens (including phenoxy) is 1. The van der Waals surface area contributed by atoms with Gasteiger partial charge in [-0.25, -0.2) is 0 Å². The highest BCUT2D eigenvalue weighted by Gasteiger charge is 2.47. The molecule has 1 aliphatic heterocycles. The van der Waals surface area contributed by atoms with Crippen LogP contribution in [0.5, 0.6) is 5.75 Å². The fourth-order valence-corrected chi connectivity index (χ4v) is 4.24. The van der Waals surface area contributed by atoms with Gasteiger partial charge in [0, 0.05) is 11.3 Å². The smallest absolute Gasteiger partial charge is 0.300 e. The molecule has 174 valence electrons. The summed E-state index contributed by atoms with van der Waals surface area (Å²) in [4.78, 5) is 28.1. The molecule has 0 aliphatic carbocycles. The number of carbonyl (C=O) groups is 2. The molecule has 3 aromatic rings. The predicted molar refractivity (Wildman–Crippen MR) is 134 cm³/mol. The van der Waals surface area contributed by atoms with Gasteiger partial charge in [0.25, 0.3) is 11.7 Å². The van der Waals surface area contributed by atoms with E-state index in [-0.39, 0.29) is 11.3 Å². The van der Waals surface area contributed by atoms with Crippen LogP contribution in [0.2, 0.25) is 0 Å². The summed E-state index contributed by atoms with van der Waals surface area (Å²) in [5.41, 5.74) is 4.01. The summed E-state index contributed by atoms with van der Waals surface area (Å²) in [5.74, 6) is -0.595. The Morgan fingerprint density at radius 1 is 1.00 bits per heavy atom. The quantitative estimate of drug-likeness (QED) is 0.275. The van der Waals surface area contributed by atoms with Crippen molar-refractivity contribution in [2.45, 2.75) is 39.7 Å². The van der Waals surface area contributed by atoms with E-state index in [2.05, 4.69) is 13.8 Å². The van der Waals surface area contributed by atoms with Gasteiger partial charge in [-0.3, -0.25) is 14.5 Å². The van der Waals surface area contributed by atoms with Crippen molar-refractivity contribution in [2.24, 2.45) is 0 Å². The Hall–Kier alpha value is -3.86. The summed E-state index contributed by atoms with van der Waals surface area (Å²) in [6, 6.07) is 21.4. The first-order valence-electron chi connectivity index (χ1n) is 11.5. The van der Waals surface area contributed by atoms with Crippen molar-refractivity contribution in [1.29, 1.82) is 0 Å². The monoisotopic (exact) mass is 455 g/mol. The van der Waals surface area contributed by atoms with Crippen molar-refractivity contribution >= 4 is 23.1 Å². The average molecular weight is 456 g/mol. The van der Waals surface area contributed by atoms with Gasteiger partial charge in [0.1, 0.15) is 11.5 Å². The molecule has 0 saturated carbocycles. The summed E-state index contributed by atoms with van der Waals surface area (Å²) in [6.07, 6.45) is 0. The molecular formula is C29H29NO4. The molecule has 1 fully saturated rings. The first kappa shape index (κ1) is 23.3. The maximum absolute atomic E-state index is 13.3. The van der Waals surface area contributed by atoms with E-state index in [9.17, 15) is 14.7 Å². The van der Waals surface area contributed by atoms with Crippen LogP contribution in [0.3, 0.4) is 0 Å². The maximum atomic E-state index is 13.3. The molecule has 0 spiro atoms. The third-order valence-electron chi connectivity index (χ3n) is 6.09. The largest absolute Gasteiger partial charge is 0.507 e. The second-order valence-corrected chi connectivity index (χ2v) is 8.79. The lowest BCUT2D eigenvalue weighted by atomic mass is 9.94. The number of ketones is 1. The lowest BCUT2D eigenvalue weighted by Crippen LogP contribution is -2.29. The van der Waals surface area contributed by atoms with Crippen LogP contribution in [0.1, 0.15) is 55.0 Å². The lowest BCUT2D eigenvalue weighted by Gasteiger charge is -2.26. The van der Waals surface area contributed by atoms with E-state index in [1.54, 1.807) is 12.1 Å². The molecule has 3 aromatic carbocycles. The van der Waals surface area contributed by atoms with Gasteiger partial charge in [-0.1, -0.05) is 67.9 Å². The topological polar surface area (TPSA) is 66.8 Å². The van der Waals surface area contributed by atoms with Crippen LogP contribution in [-0.2, 0) is 9.59 Å². The molecule has 1 aliphatic rings. The molecular weight excluding hydrogens is 426 g/mol. The zero-order valence-corrected chi connectivity index (χ0v) is 19.9. The van der Waals surface area contributed by atoms with E-state index < -0.39 is 17.7 Å². The van der Waals surface area contributed by atoms with Crippen molar-refractivity contribution in [3.8, 4) is 5.75 Å². The van der Waals surface area contributed by atoms with Gasteiger partial charge in [-0.15, -0.1) is 0 Å². The average Bonchev–Trinajstić information content (AvgIpc) is 3.10. The van der Waals surface area contributed by atoms with Gasteiger partial charge in [0.05, 0.1) is 18.2 Å². The van der Waals surface area contributed by atoms with Gasteiger partial charge < -0.3 is 9.84 Å². The van der Waals surface area contributed by atoms with Crippen LogP contribution in [0.4, 0.5) is 5.69 Å². The van der Waals surface area contributed by atoms with Crippen LogP contribution in [0.25, 0.3) is 5.76 Å². The Morgan fingerprint density at radius 2 is 1.68 bits per heavy atom. The van der Waals surface area contributed by atoms with Crippen molar-refractivity contribution in [3.05, 3.63) is 101 Å². The summed E-state index contributed by atoms with van der Waals surface area (Å²) in [6.45, 7) is 8.53. The van der Waals surface area contributed by atoms with E-state index in [1.807, 2.05) is 74.5 Å². The minimum Gasteiger partial charge on any atom is -0.507 e. The zero-order chi connectivity index (χ0) is 24.4. The molecule has 1 amide bonds. The van der Waals surface area contributed by atoms with Crippen LogP contribution in [0, 0.1) is 6.92 Å². The third kappa shape index (κ3) is 4.34. The van der Waals surface area contributed by atoms with Gasteiger partial charge in [0.15, 0.2) is 0 Å². The Kier molecular flexibility index (Phi) is 6.55. The number of aliphatic hydroxyl groups is 1. The number of aryl methyl sites for hydroxylation is 1. The first-order valence-corrected chi connectivity index (χ1v) is 11.5. The second kappa shape index (κ2) is 9.56. The Balaban J connectivity index is 1.91. The normalized spacial score (nSPS) is 17.4. The highest BCUT2D eigenvalue weighted by atomic mass is 16.5. The number of amides is 1. The number of aliphatic hydroxyl groups excluding tert-OH is 1. The fourth-order valence-electron chi connectivity index (χ4n) is 4.24. The number of carbonyl (C=O) groups excluding carboxylic acids is 2. The van der Waals surface area contributed by atoms with Crippen molar-refractivity contribution < 1.29 is 19.4 Å². The number of rotatable bonds is 6. The molecule has 1 atom stereocenters. The molecule has 1 heterocycles. The minimum atomic E-state index is -0.786. The summed E-state index contributed by atoms with van der Waals surface area (Å²) in [5, 5.41) is 11.2. The fraction of sp³-hybridized carbons (Fsp3) is 0.241. The van der Waals surface area contributed by atoms with Gasteiger partial charge in [-0.05, 0) is 55.2 Å². The number of benzene rings is 3. The number of hydrogen-bond donors (Lipinski definition) is 1. The molecule has 1 unspecified atom stereocenters. The number of hydrogen-bond acceptors (Lipinski definition) is 4. The number of Topliss-reactive ketones (excluding diaryl/α,β-unsaturated/α-hetero) is 1. The van der Waals surface area contributed by atoms with Crippen LogP contribution < -0.4 is 9.64 Å². The van der Waals surface area contributed by atoms with E-state index >= 15 is 0 Å². The van der Waals surface area contributed by atoms with E-state index in [0.717, 1.165) is 11.1 Å². The van der Waals surface area contributed by atoms with Crippen molar-refractivity contribution in [1.82, 2.24) is 0 Å². The molecule has 1 N–H and O–H groups in total. The number of nitrogens with zero attached hydrogens (tertiary/aromatic N) is 1. The van der Waals surface area contributed by atoms with Crippen LogP contribution in [-0.4, -0.2) is 23.4 Å². The molecule has 0 bridgehead atoms. The maximum Gasteiger partial charge on any atom is 0.300 e. The summed E-state index contributed by atoms with van der Waals surface area (Å²) in [7, 11) is 0. The Bertz CT molecular complexity index is 1240. The lowest BCUT2D eigenvalue weighted by molar-refractivity contribution is -0.132. The second-order valence-electron chi connectivity index (χ2n) is 8.79. The highest BCUT2D eigenvalue weighted by Crippen LogP contribution is 2.43. The molecule has 5 nitrogen and oxygen atoms in total.